The lowest BCUT2D eigenvalue weighted by Crippen LogP contribution is -2.12. The Labute approximate surface area is 97.5 Å². The molecule has 0 aromatic rings. The van der Waals surface area contributed by atoms with E-state index < -0.39 is 0 Å². The fourth-order valence-corrected chi connectivity index (χ4v) is 1.87. The molecule has 0 saturated heterocycles. The summed E-state index contributed by atoms with van der Waals surface area (Å²) in [5.74, 6) is 0. The average molecular weight is 227 g/mol. The Morgan fingerprint density at radius 2 is 2.13 bits per heavy atom. The first-order valence-electron chi connectivity index (χ1n) is 5.56. The fraction of sp³-hybridized carbons (Fsp3) is 0.538. The lowest BCUT2D eigenvalue weighted by Gasteiger charge is -2.15. The Balaban J connectivity index is 2.83. The Bertz CT molecular complexity index is 300. The van der Waals surface area contributed by atoms with Crippen molar-refractivity contribution in [3.63, 3.8) is 0 Å². The van der Waals surface area contributed by atoms with Gasteiger partial charge in [0, 0.05) is 11.6 Å². The number of halogens is 1. The third-order valence-electron chi connectivity index (χ3n) is 2.52. The second-order valence-corrected chi connectivity index (χ2v) is 4.10. The number of rotatable bonds is 4. The maximum atomic E-state index is 6.30. The first-order chi connectivity index (χ1) is 7.20. The lowest BCUT2D eigenvalue weighted by molar-refractivity contribution is 0.108. The molecule has 0 heterocycles. The van der Waals surface area contributed by atoms with Crippen LogP contribution < -0.4 is 0 Å². The Morgan fingerprint density at radius 3 is 2.73 bits per heavy atom. The smallest absolute Gasteiger partial charge is 0.0984 e. The lowest BCUT2D eigenvalue weighted by atomic mass is 10.1. The minimum Gasteiger partial charge on any atom is -0.370 e. The van der Waals surface area contributed by atoms with Crippen LogP contribution in [0.4, 0.5) is 0 Å². The van der Waals surface area contributed by atoms with Crippen molar-refractivity contribution in [2.45, 2.75) is 39.7 Å². The van der Waals surface area contributed by atoms with Gasteiger partial charge in [-0.3, -0.25) is 0 Å². The van der Waals surface area contributed by atoms with Crippen LogP contribution in [0.3, 0.4) is 0 Å². The van der Waals surface area contributed by atoms with E-state index >= 15 is 0 Å². The molecule has 0 aromatic carbocycles. The van der Waals surface area contributed by atoms with E-state index in [4.69, 9.17) is 16.3 Å². The van der Waals surface area contributed by atoms with E-state index in [2.05, 4.69) is 26.0 Å². The molecule has 1 atom stereocenters. The van der Waals surface area contributed by atoms with Gasteiger partial charge in [-0.05, 0) is 30.9 Å². The molecule has 15 heavy (non-hydrogen) atoms. The van der Waals surface area contributed by atoms with E-state index in [1.165, 1.54) is 5.57 Å². The third-order valence-corrected chi connectivity index (χ3v) is 3.06. The average Bonchev–Trinajstić information content (AvgIpc) is 2.38. The van der Waals surface area contributed by atoms with E-state index in [0.29, 0.717) is 0 Å². The highest BCUT2D eigenvalue weighted by atomic mass is 35.5. The van der Waals surface area contributed by atoms with Gasteiger partial charge in [-0.25, -0.2) is 0 Å². The zero-order valence-corrected chi connectivity index (χ0v) is 10.5. The molecule has 0 amide bonds. The second-order valence-electron chi connectivity index (χ2n) is 3.72. The summed E-state index contributed by atoms with van der Waals surface area (Å²) in [4.78, 5) is 0. The predicted molar refractivity (Wildman–Crippen MR) is 66.1 cm³/mol. The minimum atomic E-state index is 0.0396. The first-order valence-corrected chi connectivity index (χ1v) is 5.94. The van der Waals surface area contributed by atoms with Crippen LogP contribution in [0.2, 0.25) is 0 Å². The zero-order valence-electron chi connectivity index (χ0n) is 9.72. The van der Waals surface area contributed by atoms with Gasteiger partial charge in [0.2, 0.25) is 0 Å². The number of hydrogen-bond donors (Lipinski definition) is 0. The van der Waals surface area contributed by atoms with Crippen LogP contribution in [0, 0.1) is 0 Å². The van der Waals surface area contributed by atoms with Crippen LogP contribution in [-0.4, -0.2) is 12.7 Å². The molecule has 0 fully saturated rings. The molecule has 1 rings (SSSR count). The van der Waals surface area contributed by atoms with Gasteiger partial charge in [-0.2, -0.15) is 0 Å². The van der Waals surface area contributed by atoms with Gasteiger partial charge in [0.25, 0.3) is 0 Å². The van der Waals surface area contributed by atoms with Crippen molar-refractivity contribution in [2.24, 2.45) is 0 Å². The van der Waals surface area contributed by atoms with Gasteiger partial charge in [-0.15, -0.1) is 0 Å². The van der Waals surface area contributed by atoms with E-state index in [9.17, 15) is 0 Å². The molecule has 0 radical (unpaired) electrons. The molecule has 1 nitrogen and oxygen atoms in total. The molecule has 0 saturated carbocycles. The van der Waals surface area contributed by atoms with E-state index in [-0.39, 0.29) is 6.10 Å². The van der Waals surface area contributed by atoms with Crippen molar-refractivity contribution in [1.29, 1.82) is 0 Å². The van der Waals surface area contributed by atoms with Crippen molar-refractivity contribution < 1.29 is 4.74 Å². The minimum absolute atomic E-state index is 0.0396. The summed E-state index contributed by atoms with van der Waals surface area (Å²) in [6.45, 7) is 7.04. The Hall–Kier alpha value is -0.530. The highest BCUT2D eigenvalue weighted by molar-refractivity contribution is 6.32. The van der Waals surface area contributed by atoms with Gasteiger partial charge in [0.1, 0.15) is 0 Å². The van der Waals surface area contributed by atoms with Gasteiger partial charge in [-0.1, -0.05) is 43.7 Å². The molecule has 1 aliphatic rings. The first kappa shape index (κ1) is 12.5. The van der Waals surface area contributed by atoms with Crippen molar-refractivity contribution in [3.05, 3.63) is 34.4 Å². The third kappa shape index (κ3) is 3.22. The van der Waals surface area contributed by atoms with Gasteiger partial charge in [0.05, 0.1) is 6.10 Å². The molecule has 0 bridgehead atoms. The molecule has 1 aliphatic carbocycles. The van der Waals surface area contributed by atoms with E-state index in [0.717, 1.165) is 30.1 Å². The van der Waals surface area contributed by atoms with Crippen molar-refractivity contribution in [1.82, 2.24) is 0 Å². The topological polar surface area (TPSA) is 9.23 Å². The maximum absolute atomic E-state index is 6.30. The zero-order chi connectivity index (χ0) is 11.3. The quantitative estimate of drug-likeness (QED) is 0.698. The summed E-state index contributed by atoms with van der Waals surface area (Å²) < 4.78 is 5.73. The molecule has 0 aromatic heterocycles. The number of ether oxygens (including phenoxy) is 1. The second kappa shape index (κ2) is 6.14. The number of allylic oxidation sites excluding steroid dienone is 4. The Morgan fingerprint density at radius 1 is 1.40 bits per heavy atom. The van der Waals surface area contributed by atoms with Crippen LogP contribution in [0.5, 0.6) is 0 Å². The summed E-state index contributed by atoms with van der Waals surface area (Å²) >= 11 is 6.30. The van der Waals surface area contributed by atoms with E-state index in [1.54, 1.807) is 0 Å². The summed E-state index contributed by atoms with van der Waals surface area (Å²) in [6, 6.07) is 0. The molecule has 0 spiro atoms. The van der Waals surface area contributed by atoms with Crippen molar-refractivity contribution >= 4 is 11.6 Å². The molecule has 0 aliphatic heterocycles. The van der Waals surface area contributed by atoms with Crippen molar-refractivity contribution in [2.75, 3.05) is 6.61 Å². The molecule has 84 valence electrons. The molecular weight excluding hydrogens is 208 g/mol. The maximum Gasteiger partial charge on any atom is 0.0984 e. The van der Waals surface area contributed by atoms with Gasteiger partial charge >= 0.3 is 0 Å². The molecule has 0 unspecified atom stereocenters. The number of hydrogen-bond acceptors (Lipinski definition) is 1. The normalized spacial score (nSPS) is 21.6. The standard InChI is InChI=1S/C13H19ClO/c1-4-9-15-12-8-6-7-11(5-2)13(14)10(12)3/h6-8,12H,4-5,9H2,1-3H3/t12-/m0/s1. The molecule has 2 heteroatoms. The van der Waals surface area contributed by atoms with Crippen LogP contribution in [0.1, 0.15) is 33.6 Å². The largest absolute Gasteiger partial charge is 0.370 e. The van der Waals surface area contributed by atoms with Crippen LogP contribution >= 0.6 is 11.6 Å². The van der Waals surface area contributed by atoms with Gasteiger partial charge in [0.15, 0.2) is 0 Å². The van der Waals surface area contributed by atoms with Crippen molar-refractivity contribution in [3.8, 4) is 0 Å². The van der Waals surface area contributed by atoms with E-state index in [1.807, 2.05) is 13.0 Å². The SMILES string of the molecule is CCCO[C@H]1C=CC=C(CC)C(Cl)=C1C. The molecule has 0 N–H and O–H groups in total. The highest BCUT2D eigenvalue weighted by Crippen LogP contribution is 2.27. The summed E-state index contributed by atoms with van der Waals surface area (Å²) in [6.07, 6.45) is 8.21. The highest BCUT2D eigenvalue weighted by Gasteiger charge is 2.15. The Kier molecular flexibility index (Phi) is 5.13. The van der Waals surface area contributed by atoms with Crippen LogP contribution in [0.15, 0.2) is 34.4 Å². The van der Waals surface area contributed by atoms with Crippen LogP contribution in [-0.2, 0) is 4.74 Å². The summed E-state index contributed by atoms with van der Waals surface area (Å²) in [7, 11) is 0. The fourth-order valence-electron chi connectivity index (χ4n) is 1.57. The molecular formula is C13H19ClO. The summed E-state index contributed by atoms with van der Waals surface area (Å²) in [5.41, 5.74) is 2.31. The van der Waals surface area contributed by atoms with Crippen LogP contribution in [0.25, 0.3) is 0 Å². The summed E-state index contributed by atoms with van der Waals surface area (Å²) in [5, 5.41) is 0.864. The van der Waals surface area contributed by atoms with Gasteiger partial charge < -0.3 is 4.74 Å². The predicted octanol–water partition coefficient (Wildman–Crippen LogP) is 4.20. The monoisotopic (exact) mass is 226 g/mol.